The number of aryl methyl sites for hydroxylation is 1. The molecule has 0 unspecified atom stereocenters. The van der Waals surface area contributed by atoms with Gasteiger partial charge in [-0.3, -0.25) is 4.79 Å². The summed E-state index contributed by atoms with van der Waals surface area (Å²) in [4.78, 5) is 12.7. The van der Waals surface area contributed by atoms with Crippen molar-refractivity contribution < 1.29 is 21.6 Å². The number of amides is 1. The zero-order chi connectivity index (χ0) is 24.2. The van der Waals surface area contributed by atoms with Gasteiger partial charge in [-0.05, 0) is 55.0 Å². The third kappa shape index (κ3) is 6.40. The van der Waals surface area contributed by atoms with Crippen molar-refractivity contribution >= 4 is 43.2 Å². The van der Waals surface area contributed by atoms with Crippen molar-refractivity contribution in [2.24, 2.45) is 5.14 Å². The number of anilines is 1. The van der Waals surface area contributed by atoms with Crippen LogP contribution in [0, 0.1) is 6.92 Å². The molecular weight excluding hydrogens is 486 g/mol. The first-order valence-electron chi connectivity index (χ1n) is 9.70. The number of primary sulfonamides is 1. The van der Waals surface area contributed by atoms with Gasteiger partial charge in [-0.25, -0.2) is 22.0 Å². The van der Waals surface area contributed by atoms with E-state index in [-0.39, 0.29) is 22.0 Å². The second-order valence-corrected chi connectivity index (χ2v) is 11.2. The molecule has 3 rings (SSSR count). The fourth-order valence-corrected chi connectivity index (χ4v) is 5.08. The van der Waals surface area contributed by atoms with Crippen LogP contribution < -0.4 is 10.5 Å². The van der Waals surface area contributed by atoms with E-state index in [1.165, 1.54) is 36.4 Å². The summed E-state index contributed by atoms with van der Waals surface area (Å²) in [5.74, 6) is -0.610. The molecule has 0 aromatic heterocycles. The number of carbonyl (C=O) groups is 1. The largest absolute Gasteiger partial charge is 0.325 e. The molecule has 11 heteroatoms. The lowest BCUT2D eigenvalue weighted by atomic mass is 10.2. The monoisotopic (exact) mass is 507 g/mol. The molecule has 33 heavy (non-hydrogen) atoms. The van der Waals surface area contributed by atoms with Crippen LogP contribution in [-0.2, 0) is 31.4 Å². The molecule has 0 fully saturated rings. The molecule has 3 aromatic rings. The minimum absolute atomic E-state index is 0.0467. The minimum atomic E-state index is -4.03. The SMILES string of the molecule is Cc1ccc(S(=O)(=O)N(CC(=O)Nc2ccc(S(N)(=O)=O)cc2)Cc2ccccc2Cl)cc1. The van der Waals surface area contributed by atoms with Gasteiger partial charge in [0.15, 0.2) is 0 Å². The first kappa shape index (κ1) is 24.9. The number of halogens is 1. The quantitative estimate of drug-likeness (QED) is 0.484. The highest BCUT2D eigenvalue weighted by Crippen LogP contribution is 2.23. The first-order chi connectivity index (χ1) is 15.5. The molecule has 0 saturated carbocycles. The van der Waals surface area contributed by atoms with Crippen molar-refractivity contribution in [2.45, 2.75) is 23.3 Å². The normalized spacial score (nSPS) is 12.0. The second kappa shape index (κ2) is 10.0. The van der Waals surface area contributed by atoms with Crippen LogP contribution in [-0.4, -0.2) is 33.6 Å². The summed E-state index contributed by atoms with van der Waals surface area (Å²) >= 11 is 6.22. The lowest BCUT2D eigenvalue weighted by Crippen LogP contribution is -2.37. The summed E-state index contributed by atoms with van der Waals surface area (Å²) in [6.07, 6.45) is 0. The zero-order valence-electron chi connectivity index (χ0n) is 17.6. The lowest BCUT2D eigenvalue weighted by molar-refractivity contribution is -0.116. The van der Waals surface area contributed by atoms with Crippen LogP contribution in [0.5, 0.6) is 0 Å². The van der Waals surface area contributed by atoms with E-state index in [4.69, 9.17) is 16.7 Å². The Labute approximate surface area is 198 Å². The Morgan fingerprint density at radius 3 is 2.06 bits per heavy atom. The molecule has 0 aliphatic rings. The van der Waals surface area contributed by atoms with E-state index in [0.29, 0.717) is 10.6 Å². The van der Waals surface area contributed by atoms with Gasteiger partial charge in [0.2, 0.25) is 26.0 Å². The standard InChI is InChI=1S/C22H22ClN3O5S2/c1-16-6-10-20(11-7-16)33(30,31)26(14-17-4-2-3-5-21(17)23)15-22(27)25-18-8-12-19(13-9-18)32(24,28)29/h2-13H,14-15H2,1H3,(H,25,27)(H2,24,28,29). The average Bonchev–Trinajstić information content (AvgIpc) is 2.75. The molecule has 8 nitrogen and oxygen atoms in total. The number of hydrogen-bond acceptors (Lipinski definition) is 5. The first-order valence-corrected chi connectivity index (χ1v) is 13.1. The summed E-state index contributed by atoms with van der Waals surface area (Å²) in [5, 5.41) is 8.02. The number of nitrogens with zero attached hydrogens (tertiary/aromatic N) is 1. The number of nitrogens with two attached hydrogens (primary N) is 1. The molecule has 3 aromatic carbocycles. The molecular formula is C22H22ClN3O5S2. The summed E-state index contributed by atoms with van der Waals surface area (Å²) < 4.78 is 50.5. The maximum absolute atomic E-state index is 13.3. The Bertz CT molecular complexity index is 1360. The fraction of sp³-hybridized carbons (Fsp3) is 0.136. The fourth-order valence-electron chi connectivity index (χ4n) is 2.99. The summed E-state index contributed by atoms with van der Waals surface area (Å²) in [7, 11) is -7.90. The molecule has 0 heterocycles. The molecule has 0 aliphatic heterocycles. The van der Waals surface area contributed by atoms with Crippen LogP contribution in [0.1, 0.15) is 11.1 Å². The molecule has 0 atom stereocenters. The zero-order valence-corrected chi connectivity index (χ0v) is 20.0. The topological polar surface area (TPSA) is 127 Å². The number of rotatable bonds is 8. The van der Waals surface area contributed by atoms with Crippen molar-refractivity contribution in [1.29, 1.82) is 0 Å². The molecule has 0 saturated heterocycles. The van der Waals surface area contributed by atoms with Gasteiger partial charge in [0.05, 0.1) is 16.3 Å². The number of sulfonamides is 2. The van der Waals surface area contributed by atoms with Gasteiger partial charge in [0.1, 0.15) is 0 Å². The molecule has 3 N–H and O–H groups in total. The summed E-state index contributed by atoms with van der Waals surface area (Å²) in [6.45, 7) is 1.23. The summed E-state index contributed by atoms with van der Waals surface area (Å²) in [6, 6.07) is 18.3. The van der Waals surface area contributed by atoms with E-state index in [0.717, 1.165) is 9.87 Å². The summed E-state index contributed by atoms with van der Waals surface area (Å²) in [5.41, 5.74) is 1.73. The Balaban J connectivity index is 1.86. The molecule has 0 aliphatic carbocycles. The molecule has 0 spiro atoms. The Hall–Kier alpha value is -2.76. The predicted octanol–water partition coefficient (Wildman–Crippen LogP) is 3.13. The third-order valence-corrected chi connectivity index (χ3v) is 7.85. The van der Waals surface area contributed by atoms with E-state index in [1.807, 2.05) is 6.92 Å². The maximum atomic E-state index is 13.3. The van der Waals surface area contributed by atoms with E-state index in [2.05, 4.69) is 5.32 Å². The van der Waals surface area contributed by atoms with Crippen molar-refractivity contribution in [1.82, 2.24) is 4.31 Å². The van der Waals surface area contributed by atoms with Crippen molar-refractivity contribution in [2.75, 3.05) is 11.9 Å². The lowest BCUT2D eigenvalue weighted by Gasteiger charge is -2.22. The molecule has 1 amide bonds. The molecule has 174 valence electrons. The van der Waals surface area contributed by atoms with Crippen LogP contribution in [0.3, 0.4) is 0 Å². The second-order valence-electron chi connectivity index (χ2n) is 7.30. The van der Waals surface area contributed by atoms with Gasteiger partial charge in [-0.1, -0.05) is 47.5 Å². The molecule has 0 radical (unpaired) electrons. The molecule has 0 bridgehead atoms. The highest BCUT2D eigenvalue weighted by atomic mass is 35.5. The van der Waals surface area contributed by atoms with Crippen LogP contribution in [0.4, 0.5) is 5.69 Å². The number of hydrogen-bond donors (Lipinski definition) is 2. The van der Waals surface area contributed by atoms with Crippen molar-refractivity contribution in [3.8, 4) is 0 Å². The maximum Gasteiger partial charge on any atom is 0.243 e. The van der Waals surface area contributed by atoms with E-state index in [1.54, 1.807) is 36.4 Å². The smallest absolute Gasteiger partial charge is 0.243 e. The van der Waals surface area contributed by atoms with Gasteiger partial charge in [0.25, 0.3) is 0 Å². The average molecular weight is 508 g/mol. The minimum Gasteiger partial charge on any atom is -0.325 e. The van der Waals surface area contributed by atoms with Crippen LogP contribution in [0.2, 0.25) is 5.02 Å². The Morgan fingerprint density at radius 2 is 1.48 bits per heavy atom. The number of benzene rings is 3. The van der Waals surface area contributed by atoms with Crippen LogP contribution >= 0.6 is 11.6 Å². The number of nitrogens with one attached hydrogen (secondary N) is 1. The van der Waals surface area contributed by atoms with Crippen LogP contribution in [0.25, 0.3) is 0 Å². The predicted molar refractivity (Wildman–Crippen MR) is 127 cm³/mol. The highest BCUT2D eigenvalue weighted by molar-refractivity contribution is 7.89. The van der Waals surface area contributed by atoms with Crippen LogP contribution in [0.15, 0.2) is 82.6 Å². The third-order valence-electron chi connectivity index (χ3n) is 4.75. The van der Waals surface area contributed by atoms with E-state index < -0.39 is 32.5 Å². The van der Waals surface area contributed by atoms with Gasteiger partial charge >= 0.3 is 0 Å². The van der Waals surface area contributed by atoms with Gasteiger partial charge in [0, 0.05) is 17.3 Å². The van der Waals surface area contributed by atoms with Gasteiger partial charge < -0.3 is 5.32 Å². The van der Waals surface area contributed by atoms with Crippen molar-refractivity contribution in [3.63, 3.8) is 0 Å². The van der Waals surface area contributed by atoms with Gasteiger partial charge in [-0.2, -0.15) is 4.31 Å². The van der Waals surface area contributed by atoms with E-state index in [9.17, 15) is 21.6 Å². The Morgan fingerprint density at radius 1 is 0.909 bits per heavy atom. The van der Waals surface area contributed by atoms with Crippen molar-refractivity contribution in [3.05, 3.63) is 88.9 Å². The van der Waals surface area contributed by atoms with E-state index >= 15 is 0 Å². The number of carbonyl (C=O) groups excluding carboxylic acids is 1. The Kier molecular flexibility index (Phi) is 7.55. The highest BCUT2D eigenvalue weighted by Gasteiger charge is 2.27. The van der Waals surface area contributed by atoms with Gasteiger partial charge in [-0.15, -0.1) is 0 Å².